The van der Waals surface area contributed by atoms with Gasteiger partial charge in [0.2, 0.25) is 0 Å². The summed E-state index contributed by atoms with van der Waals surface area (Å²) in [7, 11) is 0.742. The van der Waals surface area contributed by atoms with E-state index < -0.39 is 0 Å². The molecule has 0 aromatic carbocycles. The Balaban J connectivity index is 2.15. The van der Waals surface area contributed by atoms with Crippen LogP contribution in [-0.2, 0) is 6.42 Å². The molecule has 10 heavy (non-hydrogen) atoms. The maximum Gasteiger partial charge on any atom is 0.0312 e. The Labute approximate surface area is 64.0 Å². The van der Waals surface area contributed by atoms with E-state index in [0.29, 0.717) is 0 Å². The van der Waals surface area contributed by atoms with Crippen LogP contribution >= 0.6 is 8.35 Å². The van der Waals surface area contributed by atoms with Crippen molar-refractivity contribution < 1.29 is 0 Å². The van der Waals surface area contributed by atoms with Gasteiger partial charge < -0.3 is 0 Å². The molecule has 0 aliphatic rings. The van der Waals surface area contributed by atoms with Crippen LogP contribution in [0.3, 0.4) is 0 Å². The molecule has 0 N–H and O–H groups in total. The van der Waals surface area contributed by atoms with E-state index >= 15 is 0 Å². The molecule has 1 rings (SSSR count). The molecular weight excluding hydrogens is 141 g/mol. The standard InChI is InChI=1S/C8H14NP/c1-2-3-4-5-8-6-7-9-10-8/h6-7,10H,2-5H2,1H3. The van der Waals surface area contributed by atoms with Crippen LogP contribution in [0.25, 0.3) is 0 Å². The highest BCUT2D eigenvalue weighted by atomic mass is 31.0. The number of aryl methyl sites for hydroxylation is 1. The van der Waals surface area contributed by atoms with E-state index in [1.54, 1.807) is 0 Å². The van der Waals surface area contributed by atoms with Crippen LogP contribution in [0.15, 0.2) is 12.3 Å². The molecule has 56 valence electrons. The second-order valence-corrected chi connectivity index (χ2v) is 3.66. The highest BCUT2D eigenvalue weighted by Gasteiger charge is 1.91. The van der Waals surface area contributed by atoms with Gasteiger partial charge in [0.05, 0.1) is 0 Å². The predicted molar refractivity (Wildman–Crippen MR) is 47.0 cm³/mol. The number of nitrogens with zero attached hydrogens (tertiary/aromatic N) is 1. The third kappa shape index (κ3) is 2.53. The zero-order valence-electron chi connectivity index (χ0n) is 6.43. The highest BCUT2D eigenvalue weighted by Crippen LogP contribution is 2.13. The Bertz CT molecular complexity index is 158. The van der Waals surface area contributed by atoms with Crippen LogP contribution in [0.1, 0.15) is 31.5 Å². The van der Waals surface area contributed by atoms with Gasteiger partial charge in [0.1, 0.15) is 0 Å². The SMILES string of the molecule is CCCCCc1ccn[pH]1. The predicted octanol–water partition coefficient (Wildman–Crippen LogP) is 2.85. The Morgan fingerprint density at radius 3 is 3.00 bits per heavy atom. The first kappa shape index (κ1) is 7.81. The fourth-order valence-corrected chi connectivity index (χ4v) is 1.74. The number of rotatable bonds is 4. The molecule has 0 bridgehead atoms. The van der Waals surface area contributed by atoms with Gasteiger partial charge in [-0.05, 0) is 32.6 Å². The normalized spacial score (nSPS) is 10.9. The van der Waals surface area contributed by atoms with Crippen molar-refractivity contribution in [3.8, 4) is 0 Å². The molecular formula is C8H14NP. The average molecular weight is 155 g/mol. The first-order chi connectivity index (χ1) is 4.93. The van der Waals surface area contributed by atoms with Crippen molar-refractivity contribution >= 4 is 8.35 Å². The van der Waals surface area contributed by atoms with Crippen LogP contribution < -0.4 is 0 Å². The van der Waals surface area contributed by atoms with Crippen molar-refractivity contribution in [2.75, 3.05) is 0 Å². The quantitative estimate of drug-likeness (QED) is 0.609. The monoisotopic (exact) mass is 155 g/mol. The van der Waals surface area contributed by atoms with Crippen molar-refractivity contribution in [1.82, 2.24) is 4.75 Å². The van der Waals surface area contributed by atoms with Gasteiger partial charge in [0.15, 0.2) is 0 Å². The largest absolute Gasteiger partial charge is 0.249 e. The number of unbranched alkanes of at least 4 members (excludes halogenated alkanes) is 2. The first-order valence-electron chi connectivity index (χ1n) is 3.91. The number of hydrogen-bond acceptors (Lipinski definition) is 1. The summed E-state index contributed by atoms with van der Waals surface area (Å²) < 4.78 is 4.15. The van der Waals surface area contributed by atoms with Crippen molar-refractivity contribution in [3.63, 3.8) is 0 Å². The van der Waals surface area contributed by atoms with Gasteiger partial charge in [0, 0.05) is 6.20 Å². The summed E-state index contributed by atoms with van der Waals surface area (Å²) in [5, 5.41) is 1.54. The molecule has 1 unspecified atom stereocenters. The fourth-order valence-electron chi connectivity index (χ4n) is 0.989. The lowest BCUT2D eigenvalue weighted by Gasteiger charge is -1.93. The molecule has 0 spiro atoms. The third-order valence-corrected chi connectivity index (χ3v) is 2.59. The third-order valence-electron chi connectivity index (χ3n) is 1.61. The van der Waals surface area contributed by atoms with Gasteiger partial charge in [-0.25, -0.2) is 4.75 Å². The molecule has 2 heteroatoms. The summed E-state index contributed by atoms with van der Waals surface area (Å²) in [6.45, 7) is 2.24. The van der Waals surface area contributed by atoms with E-state index in [-0.39, 0.29) is 0 Å². The van der Waals surface area contributed by atoms with E-state index in [4.69, 9.17) is 0 Å². The molecule has 0 fully saturated rings. The lowest BCUT2D eigenvalue weighted by molar-refractivity contribution is 0.723. The van der Waals surface area contributed by atoms with E-state index in [0.717, 1.165) is 8.35 Å². The van der Waals surface area contributed by atoms with Gasteiger partial charge in [0.25, 0.3) is 0 Å². The smallest absolute Gasteiger partial charge is 0.0312 e. The number of aromatic nitrogens is 1. The van der Waals surface area contributed by atoms with Crippen LogP contribution in [0.5, 0.6) is 0 Å². The van der Waals surface area contributed by atoms with Crippen molar-refractivity contribution in [2.24, 2.45) is 0 Å². The van der Waals surface area contributed by atoms with Crippen molar-refractivity contribution in [2.45, 2.75) is 32.6 Å². The van der Waals surface area contributed by atoms with Crippen LogP contribution in [0.2, 0.25) is 0 Å². The number of hydrogen-bond donors (Lipinski definition) is 0. The van der Waals surface area contributed by atoms with E-state index in [2.05, 4.69) is 17.7 Å². The summed E-state index contributed by atoms with van der Waals surface area (Å²) in [6, 6.07) is 2.16. The van der Waals surface area contributed by atoms with E-state index in [1.807, 2.05) is 6.20 Å². The molecule has 1 aromatic rings. The average Bonchev–Trinajstić information content (AvgIpc) is 2.41. The molecule has 1 heterocycles. The second-order valence-electron chi connectivity index (χ2n) is 2.54. The van der Waals surface area contributed by atoms with Gasteiger partial charge in [-0.1, -0.05) is 19.8 Å². The van der Waals surface area contributed by atoms with Gasteiger partial charge in [-0.3, -0.25) is 0 Å². The molecule has 0 aliphatic heterocycles. The lowest BCUT2D eigenvalue weighted by Crippen LogP contribution is -1.78. The summed E-state index contributed by atoms with van der Waals surface area (Å²) in [4.78, 5) is 0. The topological polar surface area (TPSA) is 12.9 Å². The maximum absolute atomic E-state index is 4.15. The van der Waals surface area contributed by atoms with Gasteiger partial charge in [-0.15, -0.1) is 0 Å². The second kappa shape index (κ2) is 4.51. The summed E-state index contributed by atoms with van der Waals surface area (Å²) in [6.07, 6.45) is 7.23. The molecule has 0 aliphatic carbocycles. The maximum atomic E-state index is 4.15. The molecule has 0 saturated heterocycles. The minimum atomic E-state index is 0.742. The summed E-state index contributed by atoms with van der Waals surface area (Å²) in [5.74, 6) is 0. The Morgan fingerprint density at radius 1 is 1.50 bits per heavy atom. The van der Waals surface area contributed by atoms with E-state index in [9.17, 15) is 0 Å². The minimum absolute atomic E-state index is 0.742. The first-order valence-corrected chi connectivity index (χ1v) is 4.86. The lowest BCUT2D eigenvalue weighted by atomic mass is 10.2. The summed E-state index contributed by atoms with van der Waals surface area (Å²) in [5.41, 5.74) is 0. The summed E-state index contributed by atoms with van der Waals surface area (Å²) >= 11 is 0. The molecule has 1 aromatic heterocycles. The molecule has 0 saturated carbocycles. The van der Waals surface area contributed by atoms with Crippen LogP contribution in [0, 0.1) is 0 Å². The minimum Gasteiger partial charge on any atom is -0.249 e. The molecule has 1 atom stereocenters. The zero-order valence-corrected chi connectivity index (χ0v) is 7.43. The van der Waals surface area contributed by atoms with E-state index in [1.165, 1.54) is 31.0 Å². The fraction of sp³-hybridized carbons (Fsp3) is 0.625. The van der Waals surface area contributed by atoms with Crippen LogP contribution in [0.4, 0.5) is 0 Å². The Morgan fingerprint density at radius 2 is 2.40 bits per heavy atom. The molecule has 1 nitrogen and oxygen atoms in total. The van der Waals surface area contributed by atoms with Gasteiger partial charge >= 0.3 is 0 Å². The molecule has 0 amide bonds. The van der Waals surface area contributed by atoms with Crippen molar-refractivity contribution in [3.05, 3.63) is 17.6 Å². The Kier molecular flexibility index (Phi) is 3.53. The Hall–Kier alpha value is -0.290. The van der Waals surface area contributed by atoms with Crippen LogP contribution in [-0.4, -0.2) is 4.75 Å². The highest BCUT2D eigenvalue weighted by molar-refractivity contribution is 7.26. The van der Waals surface area contributed by atoms with Gasteiger partial charge in [-0.2, -0.15) is 0 Å². The molecule has 0 radical (unpaired) electrons. The zero-order chi connectivity index (χ0) is 7.23. The van der Waals surface area contributed by atoms with Crippen molar-refractivity contribution in [1.29, 1.82) is 0 Å².